The molecular weight excluding hydrogens is 283 g/mol. The first-order chi connectivity index (χ1) is 9.86. The van der Waals surface area contributed by atoms with Crippen molar-refractivity contribution in [1.82, 2.24) is 0 Å². The van der Waals surface area contributed by atoms with Crippen LogP contribution in [0.5, 0.6) is 11.5 Å². The molecule has 0 saturated carbocycles. The topological polar surface area (TPSA) is 53.2 Å². The number of ether oxygens (including phenoxy) is 1. The predicted octanol–water partition coefficient (Wildman–Crippen LogP) is 3.96. The Bertz CT molecular complexity index is 718. The summed E-state index contributed by atoms with van der Waals surface area (Å²) in [6.45, 7) is 0. The van der Waals surface area contributed by atoms with Crippen LogP contribution in [0.15, 0.2) is 36.4 Å². The highest BCUT2D eigenvalue weighted by atomic mass is 19.4. The van der Waals surface area contributed by atoms with Crippen LogP contribution in [0.3, 0.4) is 0 Å². The van der Waals surface area contributed by atoms with E-state index in [1.807, 2.05) is 0 Å². The minimum absolute atomic E-state index is 0.0460. The number of benzene rings is 2. The summed E-state index contributed by atoms with van der Waals surface area (Å²) in [5.74, 6) is -0.0541. The highest BCUT2D eigenvalue weighted by Gasteiger charge is 2.31. The van der Waals surface area contributed by atoms with Gasteiger partial charge in [-0.15, -0.1) is 0 Å². The average Bonchev–Trinajstić information content (AvgIpc) is 2.45. The van der Waals surface area contributed by atoms with Crippen molar-refractivity contribution in [3.63, 3.8) is 0 Å². The number of methoxy groups -OCH3 is 1. The second-order valence-electron chi connectivity index (χ2n) is 4.26. The van der Waals surface area contributed by atoms with Crippen LogP contribution in [-0.4, -0.2) is 12.2 Å². The number of aromatic hydroxyl groups is 1. The fourth-order valence-electron chi connectivity index (χ4n) is 1.90. The number of rotatable bonds is 2. The van der Waals surface area contributed by atoms with E-state index in [1.165, 1.54) is 31.4 Å². The van der Waals surface area contributed by atoms with Gasteiger partial charge in [-0.05, 0) is 35.9 Å². The van der Waals surface area contributed by atoms with E-state index in [0.29, 0.717) is 5.56 Å². The zero-order valence-corrected chi connectivity index (χ0v) is 10.9. The van der Waals surface area contributed by atoms with E-state index in [0.717, 1.165) is 12.1 Å². The van der Waals surface area contributed by atoms with Crippen LogP contribution in [-0.2, 0) is 6.18 Å². The van der Waals surface area contributed by atoms with E-state index in [2.05, 4.69) is 0 Å². The van der Waals surface area contributed by atoms with Crippen molar-refractivity contribution in [3.05, 3.63) is 47.5 Å². The van der Waals surface area contributed by atoms with E-state index < -0.39 is 11.7 Å². The molecule has 0 saturated heterocycles. The van der Waals surface area contributed by atoms with Crippen LogP contribution in [0.4, 0.5) is 13.2 Å². The van der Waals surface area contributed by atoms with Crippen LogP contribution in [0, 0.1) is 11.3 Å². The summed E-state index contributed by atoms with van der Waals surface area (Å²) < 4.78 is 43.4. The predicted molar refractivity (Wildman–Crippen MR) is 69.8 cm³/mol. The first-order valence-corrected chi connectivity index (χ1v) is 5.85. The Kier molecular flexibility index (Phi) is 3.76. The van der Waals surface area contributed by atoms with E-state index in [4.69, 9.17) is 10.00 Å². The normalized spacial score (nSPS) is 11.0. The van der Waals surface area contributed by atoms with Crippen LogP contribution in [0.2, 0.25) is 0 Å². The number of hydrogen-bond donors (Lipinski definition) is 1. The molecule has 1 N–H and O–H groups in total. The summed E-state index contributed by atoms with van der Waals surface area (Å²) in [4.78, 5) is 0. The Morgan fingerprint density at radius 1 is 1.14 bits per heavy atom. The van der Waals surface area contributed by atoms with Gasteiger partial charge in [-0.3, -0.25) is 0 Å². The van der Waals surface area contributed by atoms with Crippen molar-refractivity contribution < 1.29 is 23.0 Å². The van der Waals surface area contributed by atoms with E-state index >= 15 is 0 Å². The first kappa shape index (κ1) is 14.7. The third-order valence-corrected chi connectivity index (χ3v) is 2.96. The highest BCUT2D eigenvalue weighted by molar-refractivity contribution is 5.73. The smallest absolute Gasteiger partial charge is 0.416 e. The Hall–Kier alpha value is -2.68. The highest BCUT2D eigenvalue weighted by Crippen LogP contribution is 2.38. The van der Waals surface area contributed by atoms with Crippen LogP contribution < -0.4 is 4.74 Å². The maximum absolute atomic E-state index is 12.8. The number of nitriles is 1. The monoisotopic (exact) mass is 293 g/mol. The van der Waals surface area contributed by atoms with Crippen molar-refractivity contribution in [3.8, 4) is 28.7 Å². The average molecular weight is 293 g/mol. The SMILES string of the molecule is COc1ccc(C(F)(F)F)cc1-c1ccc(C#N)c(O)c1. The fourth-order valence-corrected chi connectivity index (χ4v) is 1.90. The summed E-state index contributed by atoms with van der Waals surface area (Å²) in [7, 11) is 1.34. The molecule has 108 valence electrons. The summed E-state index contributed by atoms with van der Waals surface area (Å²) in [5, 5.41) is 18.4. The molecule has 0 unspecified atom stereocenters. The van der Waals surface area contributed by atoms with Gasteiger partial charge in [0.2, 0.25) is 0 Å². The van der Waals surface area contributed by atoms with Crippen LogP contribution >= 0.6 is 0 Å². The van der Waals surface area contributed by atoms with Gasteiger partial charge in [-0.2, -0.15) is 18.4 Å². The molecular formula is C15H10F3NO2. The molecule has 0 spiro atoms. The number of hydrogen-bond acceptors (Lipinski definition) is 3. The maximum atomic E-state index is 12.8. The molecule has 0 bridgehead atoms. The van der Waals surface area contributed by atoms with Gasteiger partial charge >= 0.3 is 6.18 Å². The lowest BCUT2D eigenvalue weighted by atomic mass is 10.00. The van der Waals surface area contributed by atoms with Gasteiger partial charge in [0, 0.05) is 5.56 Å². The summed E-state index contributed by atoms with van der Waals surface area (Å²) in [6, 6.07) is 8.88. The molecule has 0 aliphatic rings. The molecule has 0 heterocycles. The van der Waals surface area contributed by atoms with Gasteiger partial charge in [0.05, 0.1) is 18.2 Å². The summed E-state index contributed by atoms with van der Waals surface area (Å²) >= 11 is 0. The lowest BCUT2D eigenvalue weighted by molar-refractivity contribution is -0.137. The molecule has 2 rings (SSSR count). The number of phenolic OH excluding ortho intramolecular Hbond substituents is 1. The van der Waals surface area contributed by atoms with E-state index in [1.54, 1.807) is 6.07 Å². The number of nitrogens with zero attached hydrogens (tertiary/aromatic N) is 1. The molecule has 2 aromatic carbocycles. The molecule has 0 amide bonds. The van der Waals surface area contributed by atoms with Crippen molar-refractivity contribution >= 4 is 0 Å². The van der Waals surface area contributed by atoms with Crippen LogP contribution in [0.1, 0.15) is 11.1 Å². The minimum Gasteiger partial charge on any atom is -0.507 e. The van der Waals surface area contributed by atoms with Gasteiger partial charge in [0.15, 0.2) is 0 Å². The lowest BCUT2D eigenvalue weighted by Gasteiger charge is -2.13. The van der Waals surface area contributed by atoms with Gasteiger partial charge in [-0.25, -0.2) is 0 Å². The first-order valence-electron chi connectivity index (χ1n) is 5.85. The zero-order chi connectivity index (χ0) is 15.6. The Labute approximate surface area is 118 Å². The van der Waals surface area contributed by atoms with Gasteiger partial charge in [0.25, 0.3) is 0 Å². The molecule has 6 heteroatoms. The zero-order valence-electron chi connectivity index (χ0n) is 10.9. The van der Waals surface area contributed by atoms with Gasteiger partial charge in [0.1, 0.15) is 17.6 Å². The molecule has 0 aromatic heterocycles. The second kappa shape index (κ2) is 5.37. The number of phenols is 1. The Morgan fingerprint density at radius 2 is 1.86 bits per heavy atom. The molecule has 21 heavy (non-hydrogen) atoms. The quantitative estimate of drug-likeness (QED) is 0.911. The fraction of sp³-hybridized carbons (Fsp3) is 0.133. The summed E-state index contributed by atoms with van der Waals surface area (Å²) in [5.41, 5.74) is -0.256. The molecule has 3 nitrogen and oxygen atoms in total. The van der Waals surface area contributed by atoms with Gasteiger partial charge < -0.3 is 9.84 Å². The van der Waals surface area contributed by atoms with Gasteiger partial charge in [-0.1, -0.05) is 6.07 Å². The Balaban J connectivity index is 2.61. The maximum Gasteiger partial charge on any atom is 0.416 e. The Morgan fingerprint density at radius 3 is 2.38 bits per heavy atom. The van der Waals surface area contributed by atoms with E-state index in [9.17, 15) is 18.3 Å². The number of alkyl halides is 3. The number of halogens is 3. The minimum atomic E-state index is -4.48. The van der Waals surface area contributed by atoms with E-state index in [-0.39, 0.29) is 22.6 Å². The molecule has 0 fully saturated rings. The van der Waals surface area contributed by atoms with Crippen molar-refractivity contribution in [2.75, 3.05) is 7.11 Å². The summed E-state index contributed by atoms with van der Waals surface area (Å²) in [6.07, 6.45) is -4.48. The molecule has 0 atom stereocenters. The molecule has 0 radical (unpaired) electrons. The lowest BCUT2D eigenvalue weighted by Crippen LogP contribution is -2.05. The largest absolute Gasteiger partial charge is 0.507 e. The van der Waals surface area contributed by atoms with Crippen molar-refractivity contribution in [2.45, 2.75) is 6.18 Å². The van der Waals surface area contributed by atoms with Crippen LogP contribution in [0.25, 0.3) is 11.1 Å². The molecule has 0 aliphatic heterocycles. The molecule has 0 aliphatic carbocycles. The molecule has 2 aromatic rings. The second-order valence-corrected chi connectivity index (χ2v) is 4.26. The van der Waals surface area contributed by atoms with Crippen molar-refractivity contribution in [2.24, 2.45) is 0 Å². The third kappa shape index (κ3) is 2.92. The third-order valence-electron chi connectivity index (χ3n) is 2.96. The standard InChI is InChI=1S/C15H10F3NO2/c1-21-14-5-4-11(15(16,17)18)7-12(14)9-2-3-10(8-19)13(20)6-9/h2-7,20H,1H3. The van der Waals surface area contributed by atoms with Crippen molar-refractivity contribution in [1.29, 1.82) is 5.26 Å².